The summed E-state index contributed by atoms with van der Waals surface area (Å²) in [5, 5.41) is 6.55. The van der Waals surface area contributed by atoms with Gasteiger partial charge in [-0.2, -0.15) is 0 Å². The summed E-state index contributed by atoms with van der Waals surface area (Å²) in [6.07, 6.45) is -4.98. The van der Waals surface area contributed by atoms with Gasteiger partial charge in [0.05, 0.1) is 0 Å². The highest BCUT2D eigenvalue weighted by Crippen LogP contribution is 2.19. The first-order valence-electron chi connectivity index (χ1n) is 2.98. The molecule has 0 N–H and O–H groups in total. The van der Waals surface area contributed by atoms with Gasteiger partial charge < -0.3 is 4.74 Å². The van der Waals surface area contributed by atoms with Gasteiger partial charge in [-0.05, 0) is 6.92 Å². The van der Waals surface area contributed by atoms with Crippen LogP contribution in [-0.4, -0.2) is 22.5 Å². The van der Waals surface area contributed by atoms with Crippen LogP contribution in [0.1, 0.15) is 14.8 Å². The van der Waals surface area contributed by atoms with Crippen LogP contribution in [0.5, 0.6) is 0 Å². The van der Waals surface area contributed by atoms with Crippen LogP contribution < -0.4 is 0 Å². The van der Waals surface area contributed by atoms with Gasteiger partial charge in [0.2, 0.25) is 5.01 Å². The molecule has 1 aromatic rings. The van der Waals surface area contributed by atoms with E-state index in [0.29, 0.717) is 5.01 Å². The van der Waals surface area contributed by atoms with Gasteiger partial charge in [0, 0.05) is 0 Å². The second-order valence-electron chi connectivity index (χ2n) is 1.96. The van der Waals surface area contributed by atoms with Crippen molar-refractivity contribution in [3.63, 3.8) is 0 Å². The van der Waals surface area contributed by atoms with Crippen LogP contribution >= 0.6 is 11.3 Å². The van der Waals surface area contributed by atoms with Crippen LogP contribution in [0.2, 0.25) is 0 Å². The number of ether oxygens (including phenoxy) is 1. The number of aromatic nitrogens is 2. The lowest BCUT2D eigenvalue weighted by molar-refractivity contribution is -0.291. The fourth-order valence-electron chi connectivity index (χ4n) is 0.528. The van der Waals surface area contributed by atoms with Crippen molar-refractivity contribution < 1.29 is 22.7 Å². The third kappa shape index (κ3) is 2.98. The Morgan fingerprint density at radius 3 is 2.46 bits per heavy atom. The van der Waals surface area contributed by atoms with Crippen molar-refractivity contribution in [2.75, 3.05) is 0 Å². The van der Waals surface area contributed by atoms with Gasteiger partial charge in [-0.3, -0.25) is 0 Å². The van der Waals surface area contributed by atoms with Gasteiger partial charge in [0.1, 0.15) is 5.01 Å². The molecule has 0 radical (unpaired) electrons. The number of aryl methyl sites for hydroxylation is 1. The Bertz CT molecular complexity index is 322. The smallest absolute Gasteiger partial charge is 0.367 e. The average Bonchev–Trinajstić information content (AvgIpc) is 2.31. The lowest BCUT2D eigenvalue weighted by Gasteiger charge is -2.03. The maximum atomic E-state index is 11.5. The third-order valence-corrected chi connectivity index (χ3v) is 1.73. The number of hydrogen-bond donors (Lipinski definition) is 0. The predicted octanol–water partition coefficient (Wildman–Crippen LogP) is 1.52. The van der Waals surface area contributed by atoms with E-state index in [0.717, 1.165) is 11.3 Å². The molecule has 0 amide bonds. The summed E-state index contributed by atoms with van der Waals surface area (Å²) in [6, 6.07) is 0. The Kier molecular flexibility index (Phi) is 2.50. The van der Waals surface area contributed by atoms with Gasteiger partial charge in [0.15, 0.2) is 0 Å². The lowest BCUT2D eigenvalue weighted by Crippen LogP contribution is -2.19. The minimum atomic E-state index is -4.98. The van der Waals surface area contributed by atoms with Gasteiger partial charge in [-0.15, -0.1) is 23.4 Å². The van der Waals surface area contributed by atoms with Crippen LogP contribution in [0.4, 0.5) is 13.2 Å². The van der Waals surface area contributed by atoms with Gasteiger partial charge in [-0.1, -0.05) is 11.3 Å². The van der Waals surface area contributed by atoms with E-state index in [4.69, 9.17) is 0 Å². The van der Waals surface area contributed by atoms with Crippen LogP contribution in [0.25, 0.3) is 0 Å². The first-order valence-corrected chi connectivity index (χ1v) is 3.80. The molecule has 0 unspecified atom stereocenters. The Balaban J connectivity index is 2.70. The van der Waals surface area contributed by atoms with E-state index >= 15 is 0 Å². The Morgan fingerprint density at radius 1 is 1.46 bits per heavy atom. The molecular formula is C5H3F3N2O2S. The largest absolute Gasteiger partial charge is 0.575 e. The maximum absolute atomic E-state index is 11.5. The van der Waals surface area contributed by atoms with Crippen molar-refractivity contribution in [1.82, 2.24) is 10.2 Å². The molecule has 8 heteroatoms. The van der Waals surface area contributed by atoms with Crippen molar-refractivity contribution in [3.05, 3.63) is 10.0 Å². The van der Waals surface area contributed by atoms with Crippen LogP contribution in [0, 0.1) is 6.92 Å². The van der Waals surface area contributed by atoms with Crippen molar-refractivity contribution >= 4 is 17.3 Å². The molecule has 0 fully saturated rings. The Hall–Kier alpha value is -1.18. The number of carbonyl (C=O) groups excluding carboxylic acids is 1. The quantitative estimate of drug-likeness (QED) is 0.662. The minimum absolute atomic E-state index is 0.397. The van der Waals surface area contributed by atoms with E-state index in [9.17, 15) is 18.0 Å². The molecule has 4 nitrogen and oxygen atoms in total. The summed E-state index contributed by atoms with van der Waals surface area (Å²) in [6.45, 7) is 1.52. The second-order valence-corrected chi connectivity index (χ2v) is 3.14. The van der Waals surface area contributed by atoms with Gasteiger partial charge >= 0.3 is 12.3 Å². The van der Waals surface area contributed by atoms with E-state index < -0.39 is 17.3 Å². The van der Waals surface area contributed by atoms with Gasteiger partial charge in [0.25, 0.3) is 0 Å². The van der Waals surface area contributed by atoms with E-state index in [1.807, 2.05) is 0 Å². The Morgan fingerprint density at radius 2 is 2.08 bits per heavy atom. The van der Waals surface area contributed by atoms with Crippen molar-refractivity contribution in [2.24, 2.45) is 0 Å². The minimum Gasteiger partial charge on any atom is -0.367 e. The fraction of sp³-hybridized carbons (Fsp3) is 0.400. The number of hydrogen-bond acceptors (Lipinski definition) is 5. The fourth-order valence-corrected chi connectivity index (χ4v) is 1.10. The number of alkyl halides is 3. The predicted molar refractivity (Wildman–Crippen MR) is 36.1 cm³/mol. The normalized spacial score (nSPS) is 11.4. The molecule has 0 aliphatic carbocycles. The molecule has 0 aromatic carbocycles. The number of esters is 1. The topological polar surface area (TPSA) is 52.1 Å². The first-order chi connectivity index (χ1) is 5.88. The third-order valence-electron chi connectivity index (χ3n) is 0.909. The first kappa shape index (κ1) is 9.90. The van der Waals surface area contributed by atoms with Crippen molar-refractivity contribution in [3.8, 4) is 0 Å². The molecule has 13 heavy (non-hydrogen) atoms. The molecule has 0 saturated heterocycles. The zero-order valence-electron chi connectivity index (χ0n) is 6.25. The number of carbonyl (C=O) groups is 1. The van der Waals surface area contributed by atoms with Crippen molar-refractivity contribution in [1.29, 1.82) is 0 Å². The van der Waals surface area contributed by atoms with E-state index in [1.54, 1.807) is 0 Å². The zero-order valence-corrected chi connectivity index (χ0v) is 7.07. The highest BCUT2D eigenvalue weighted by atomic mass is 32.1. The molecule has 72 valence electrons. The number of nitrogens with zero attached hydrogens (tertiary/aromatic N) is 2. The molecule has 0 bridgehead atoms. The summed E-state index contributed by atoms with van der Waals surface area (Å²) in [7, 11) is 0. The standard InChI is InChI=1S/C5H3F3N2O2S/c1-2-9-10-3(13-2)4(11)12-5(6,7)8/h1H3. The van der Waals surface area contributed by atoms with Crippen LogP contribution in [-0.2, 0) is 4.74 Å². The van der Waals surface area contributed by atoms with Crippen LogP contribution in [0.3, 0.4) is 0 Å². The van der Waals surface area contributed by atoms with E-state index in [2.05, 4.69) is 14.9 Å². The van der Waals surface area contributed by atoms with Gasteiger partial charge in [-0.25, -0.2) is 4.79 Å². The summed E-state index contributed by atoms with van der Waals surface area (Å²) in [5.41, 5.74) is 0. The van der Waals surface area contributed by atoms with Crippen molar-refractivity contribution in [2.45, 2.75) is 13.3 Å². The summed E-state index contributed by atoms with van der Waals surface area (Å²) in [4.78, 5) is 10.6. The van der Waals surface area contributed by atoms with E-state index in [-0.39, 0.29) is 0 Å². The summed E-state index contributed by atoms with van der Waals surface area (Å²) >= 11 is 0.740. The molecule has 0 spiro atoms. The molecular weight excluding hydrogens is 209 g/mol. The number of rotatable bonds is 1. The molecule has 0 aliphatic heterocycles. The highest BCUT2D eigenvalue weighted by Gasteiger charge is 2.35. The molecule has 0 atom stereocenters. The maximum Gasteiger partial charge on any atom is 0.575 e. The molecule has 0 saturated carbocycles. The number of halogens is 3. The van der Waals surface area contributed by atoms with E-state index in [1.165, 1.54) is 6.92 Å². The molecule has 1 rings (SSSR count). The second kappa shape index (κ2) is 3.29. The summed E-state index contributed by atoms with van der Waals surface area (Å²) in [5.74, 6) is -1.53. The van der Waals surface area contributed by atoms with Crippen LogP contribution in [0.15, 0.2) is 0 Å². The zero-order chi connectivity index (χ0) is 10.1. The molecule has 0 aliphatic rings. The molecule has 1 heterocycles. The highest BCUT2D eigenvalue weighted by molar-refractivity contribution is 7.13. The SMILES string of the molecule is Cc1nnc(C(=O)OC(F)(F)F)s1. The monoisotopic (exact) mass is 212 g/mol. The molecule has 1 aromatic heterocycles. The summed E-state index contributed by atoms with van der Waals surface area (Å²) < 4.78 is 37.6. The lowest BCUT2D eigenvalue weighted by atomic mass is 10.7. The average molecular weight is 212 g/mol. The Labute approximate surface area is 74.3 Å².